The minimum Gasteiger partial charge on any atom is -0.222 e. The second-order valence-corrected chi connectivity index (χ2v) is 1.13. The van der Waals surface area contributed by atoms with E-state index in [1.807, 2.05) is 0 Å². The van der Waals surface area contributed by atoms with Gasteiger partial charge in [-0.15, -0.1) is 10.2 Å². The van der Waals surface area contributed by atoms with Gasteiger partial charge in [0.2, 0.25) is 0 Å². The maximum atomic E-state index is 8.49. The summed E-state index contributed by atoms with van der Waals surface area (Å²) in [7, 11) is -4.94. The summed E-state index contributed by atoms with van der Waals surface area (Å²) in [4.78, 5) is 0. The van der Waals surface area contributed by atoms with Gasteiger partial charge in [0.25, 0.3) is 0 Å². The molecule has 0 saturated heterocycles. The van der Waals surface area contributed by atoms with E-state index in [1.165, 1.54) is 0 Å². The van der Waals surface area contributed by atoms with E-state index in [-0.39, 0.29) is 17.1 Å². The van der Waals surface area contributed by atoms with Crippen molar-refractivity contribution >= 4 is 0 Å². The fourth-order valence-corrected chi connectivity index (χ4v) is 0. The molecule has 0 spiro atoms. The van der Waals surface area contributed by atoms with Crippen LogP contribution in [0.15, 0.2) is 0 Å². The molecule has 6 heteroatoms. The van der Waals surface area contributed by atoms with Gasteiger partial charge in [-0.3, -0.25) is 0 Å². The van der Waals surface area contributed by atoms with Gasteiger partial charge < -0.3 is 0 Å². The standard InChI is InChI=1S/ClHO4.Mn/c2-1(3,4)5;/h(H,2,3,4,5);/p-1. The van der Waals surface area contributed by atoms with Crippen LogP contribution in [0.1, 0.15) is 0 Å². The van der Waals surface area contributed by atoms with Gasteiger partial charge in [-0.1, -0.05) is 0 Å². The Labute approximate surface area is 46.6 Å². The molecule has 0 aromatic rings. The fraction of sp³-hybridized carbons (Fsp3) is 0. The molecule has 0 fully saturated rings. The first-order valence-electron chi connectivity index (χ1n) is 0.617. The molecular weight excluding hydrogens is 154 g/mol. The largest absolute Gasteiger partial charge is 0.222 e. The zero-order valence-corrected chi connectivity index (χ0v) is 4.33. The van der Waals surface area contributed by atoms with E-state index < -0.39 is 10.2 Å². The van der Waals surface area contributed by atoms with Gasteiger partial charge in [0.15, 0.2) is 0 Å². The molecule has 0 unspecified atom stereocenters. The molecule has 0 aliphatic heterocycles. The van der Waals surface area contributed by atoms with Crippen molar-refractivity contribution in [1.82, 2.24) is 0 Å². The van der Waals surface area contributed by atoms with Gasteiger partial charge in [0.05, 0.1) is 0 Å². The summed E-state index contributed by atoms with van der Waals surface area (Å²) in [6, 6.07) is 0. The van der Waals surface area contributed by atoms with Gasteiger partial charge in [-0.25, -0.2) is 18.6 Å². The first kappa shape index (κ1) is 9.82. The molecular formula is ClMnO4-. The number of rotatable bonds is 0. The van der Waals surface area contributed by atoms with E-state index in [2.05, 4.69) is 0 Å². The molecule has 39 valence electrons. The van der Waals surface area contributed by atoms with Crippen molar-refractivity contribution < 1.29 is 45.9 Å². The molecule has 0 aliphatic rings. The monoisotopic (exact) mass is 154 g/mol. The second kappa shape index (κ2) is 2.76. The molecule has 0 aliphatic carbocycles. The molecule has 0 aromatic carbocycles. The zero-order valence-electron chi connectivity index (χ0n) is 2.39. The summed E-state index contributed by atoms with van der Waals surface area (Å²) in [6.45, 7) is 0. The predicted molar refractivity (Wildman–Crippen MR) is 0 cm³/mol. The second-order valence-electron chi connectivity index (χ2n) is 0.378. The minimum absolute atomic E-state index is 0. The molecule has 0 heterocycles. The SMILES string of the molecule is [Mn].[O-][Cl+3]([O-])([O-])[O-]. The van der Waals surface area contributed by atoms with Crippen LogP contribution in [-0.2, 0) is 17.1 Å². The molecule has 1 radical (unpaired) electrons. The van der Waals surface area contributed by atoms with Gasteiger partial charge >= 0.3 is 0 Å². The summed E-state index contributed by atoms with van der Waals surface area (Å²) in [5.74, 6) is 0. The topological polar surface area (TPSA) is 92.2 Å². The molecule has 6 heavy (non-hydrogen) atoms. The summed E-state index contributed by atoms with van der Waals surface area (Å²) in [5.41, 5.74) is 0. The Balaban J connectivity index is 0. The Morgan fingerprint density at radius 3 is 0.833 bits per heavy atom. The van der Waals surface area contributed by atoms with Crippen molar-refractivity contribution in [3.63, 3.8) is 0 Å². The Morgan fingerprint density at radius 2 is 0.833 bits per heavy atom. The molecule has 0 saturated carbocycles. The van der Waals surface area contributed by atoms with Crippen molar-refractivity contribution in [3.05, 3.63) is 0 Å². The molecule has 0 atom stereocenters. The summed E-state index contributed by atoms with van der Waals surface area (Å²) >= 11 is 0. The van der Waals surface area contributed by atoms with Gasteiger partial charge in [-0.05, 0) is 0 Å². The maximum absolute atomic E-state index is 8.49. The molecule has 0 aromatic heterocycles. The maximum Gasteiger partial charge on any atom is 0 e. The average Bonchev–Trinajstić information content (AvgIpc) is 0.722. The summed E-state index contributed by atoms with van der Waals surface area (Å²) < 4.78 is 34.0. The number of hydrogen-bond acceptors (Lipinski definition) is 4. The normalized spacial score (nSPS) is 10.0. The van der Waals surface area contributed by atoms with Gasteiger partial charge in [0.1, 0.15) is 0 Å². The summed E-state index contributed by atoms with van der Waals surface area (Å²) in [5, 5.41) is 0. The summed E-state index contributed by atoms with van der Waals surface area (Å²) in [6.07, 6.45) is 0. The number of halogens is 1. The van der Waals surface area contributed by atoms with Gasteiger partial charge in [-0.2, -0.15) is 0 Å². The minimum atomic E-state index is -4.94. The van der Waals surface area contributed by atoms with Crippen LogP contribution < -0.4 is 18.6 Å². The van der Waals surface area contributed by atoms with Crippen LogP contribution in [0.3, 0.4) is 0 Å². The molecule has 0 bridgehead atoms. The Hall–Kier alpha value is 0.649. The Bertz CT molecular complexity index is 23.0. The first-order chi connectivity index (χ1) is 2.00. The van der Waals surface area contributed by atoms with Crippen LogP contribution in [0, 0.1) is 10.2 Å². The smallest absolute Gasteiger partial charge is 0 e. The third-order valence-corrected chi connectivity index (χ3v) is 0. The quantitative estimate of drug-likeness (QED) is 0.328. The average molecular weight is 154 g/mol. The van der Waals surface area contributed by atoms with E-state index in [4.69, 9.17) is 18.6 Å². The van der Waals surface area contributed by atoms with E-state index in [9.17, 15) is 0 Å². The predicted octanol–water partition coefficient (Wildman–Crippen LogP) is -4.76. The van der Waals surface area contributed by atoms with Crippen molar-refractivity contribution in [1.29, 1.82) is 0 Å². The van der Waals surface area contributed by atoms with Crippen molar-refractivity contribution in [2.75, 3.05) is 0 Å². The van der Waals surface area contributed by atoms with E-state index in [0.29, 0.717) is 0 Å². The van der Waals surface area contributed by atoms with Crippen LogP contribution in [-0.4, -0.2) is 0 Å². The van der Waals surface area contributed by atoms with Gasteiger partial charge in [0, 0.05) is 17.1 Å². The van der Waals surface area contributed by atoms with Crippen LogP contribution in [0.2, 0.25) is 0 Å². The molecule has 0 N–H and O–H groups in total. The molecule has 0 amide bonds. The molecule has 4 nitrogen and oxygen atoms in total. The van der Waals surface area contributed by atoms with E-state index in [1.54, 1.807) is 0 Å². The fourth-order valence-electron chi connectivity index (χ4n) is 0. The third-order valence-electron chi connectivity index (χ3n) is 0. The van der Waals surface area contributed by atoms with Crippen LogP contribution in [0.5, 0.6) is 0 Å². The van der Waals surface area contributed by atoms with Crippen LogP contribution in [0.25, 0.3) is 0 Å². The van der Waals surface area contributed by atoms with Crippen LogP contribution >= 0.6 is 0 Å². The zero-order chi connectivity index (χ0) is 4.50. The Kier molecular flexibility index (Phi) is 4.52. The van der Waals surface area contributed by atoms with E-state index >= 15 is 0 Å². The van der Waals surface area contributed by atoms with Crippen molar-refractivity contribution in [3.8, 4) is 0 Å². The van der Waals surface area contributed by atoms with Crippen molar-refractivity contribution in [2.45, 2.75) is 0 Å². The first-order valence-corrected chi connectivity index (χ1v) is 1.85. The number of hydrogen-bond donors (Lipinski definition) is 0. The van der Waals surface area contributed by atoms with E-state index in [0.717, 1.165) is 0 Å². The molecule has 0 rings (SSSR count). The van der Waals surface area contributed by atoms with Crippen LogP contribution in [0.4, 0.5) is 0 Å². The third kappa shape index (κ3) is 147. The Morgan fingerprint density at radius 1 is 0.833 bits per heavy atom. The van der Waals surface area contributed by atoms with Crippen molar-refractivity contribution in [2.24, 2.45) is 0 Å².